The maximum atomic E-state index is 12.6. The van der Waals surface area contributed by atoms with Crippen LogP contribution in [-0.2, 0) is 11.3 Å². The number of amides is 3. The van der Waals surface area contributed by atoms with E-state index in [1.54, 1.807) is 24.3 Å². The van der Waals surface area contributed by atoms with Crippen LogP contribution in [0.25, 0.3) is 0 Å². The second-order valence-corrected chi connectivity index (χ2v) is 5.42. The van der Waals surface area contributed by atoms with Crippen LogP contribution in [0, 0.1) is 11.3 Å². The van der Waals surface area contributed by atoms with Gasteiger partial charge in [0.2, 0.25) is 0 Å². The lowest BCUT2D eigenvalue weighted by Gasteiger charge is -2.31. The van der Waals surface area contributed by atoms with Gasteiger partial charge in [0.15, 0.2) is 0 Å². The minimum Gasteiger partial charge on any atom is -0.323 e. The first-order chi connectivity index (χ1) is 10.2. The summed E-state index contributed by atoms with van der Waals surface area (Å²) in [5, 5.41) is 15.1. The zero-order valence-electron chi connectivity index (χ0n) is 11.6. The van der Waals surface area contributed by atoms with Gasteiger partial charge in [-0.05, 0) is 37.6 Å². The van der Waals surface area contributed by atoms with E-state index >= 15 is 0 Å². The van der Waals surface area contributed by atoms with Crippen LogP contribution >= 0.6 is 0 Å². The first-order valence-electron chi connectivity index (χ1n) is 6.99. The van der Waals surface area contributed by atoms with Crippen LogP contribution in [0.4, 0.5) is 4.79 Å². The predicted molar refractivity (Wildman–Crippen MR) is 75.1 cm³/mol. The minimum absolute atomic E-state index is 0.142. The third kappa shape index (κ3) is 2.26. The molecule has 0 saturated carbocycles. The summed E-state index contributed by atoms with van der Waals surface area (Å²) in [6.07, 6.45) is 1.21. The lowest BCUT2D eigenvalue weighted by atomic mass is 9.88. The van der Waals surface area contributed by atoms with Crippen molar-refractivity contribution in [2.45, 2.75) is 24.9 Å². The standard InChI is InChI=1S/C15H16N4O2/c16-9-11-3-1-2-4-12(11)10-19-13(20)15(18-14(19)21)5-7-17-8-6-15/h1-4,17H,5-8,10H2,(H,18,21). The highest BCUT2D eigenvalue weighted by molar-refractivity contribution is 6.07. The molecule has 0 aromatic heterocycles. The molecule has 108 valence electrons. The summed E-state index contributed by atoms with van der Waals surface area (Å²) in [6, 6.07) is 8.75. The van der Waals surface area contributed by atoms with Crippen molar-refractivity contribution in [3.05, 3.63) is 35.4 Å². The first-order valence-corrected chi connectivity index (χ1v) is 6.99. The molecule has 3 amide bonds. The van der Waals surface area contributed by atoms with E-state index in [1.165, 1.54) is 4.90 Å². The molecule has 2 N–H and O–H groups in total. The van der Waals surface area contributed by atoms with Crippen LogP contribution in [0.2, 0.25) is 0 Å². The number of piperidine rings is 1. The number of imide groups is 1. The van der Waals surface area contributed by atoms with Gasteiger partial charge in [-0.1, -0.05) is 18.2 Å². The van der Waals surface area contributed by atoms with Gasteiger partial charge < -0.3 is 10.6 Å². The summed E-state index contributed by atoms with van der Waals surface area (Å²) in [5.74, 6) is -0.179. The Morgan fingerprint density at radius 3 is 2.67 bits per heavy atom. The molecule has 1 aromatic carbocycles. The molecule has 6 heteroatoms. The van der Waals surface area contributed by atoms with Gasteiger partial charge in [-0.25, -0.2) is 4.79 Å². The van der Waals surface area contributed by atoms with Gasteiger partial charge in [-0.15, -0.1) is 0 Å². The Morgan fingerprint density at radius 2 is 1.95 bits per heavy atom. The maximum Gasteiger partial charge on any atom is 0.325 e. The number of nitrogens with zero attached hydrogens (tertiary/aromatic N) is 2. The lowest BCUT2D eigenvalue weighted by Crippen LogP contribution is -2.53. The van der Waals surface area contributed by atoms with E-state index < -0.39 is 5.54 Å². The molecule has 2 aliphatic heterocycles. The number of nitriles is 1. The number of urea groups is 1. The molecule has 2 aliphatic rings. The molecule has 0 radical (unpaired) electrons. The van der Waals surface area contributed by atoms with Gasteiger partial charge in [0.25, 0.3) is 5.91 Å². The Kier molecular flexibility index (Phi) is 3.35. The summed E-state index contributed by atoms with van der Waals surface area (Å²) in [6.45, 7) is 1.58. The largest absolute Gasteiger partial charge is 0.325 e. The number of benzene rings is 1. The van der Waals surface area contributed by atoms with Crippen molar-refractivity contribution >= 4 is 11.9 Å². The smallest absolute Gasteiger partial charge is 0.323 e. The molecular weight excluding hydrogens is 268 g/mol. The molecule has 1 spiro atoms. The number of hydrogen-bond donors (Lipinski definition) is 2. The van der Waals surface area contributed by atoms with Gasteiger partial charge in [0.1, 0.15) is 5.54 Å². The first kappa shape index (κ1) is 13.6. The van der Waals surface area contributed by atoms with Gasteiger partial charge in [-0.2, -0.15) is 5.26 Å². The van der Waals surface area contributed by atoms with Gasteiger partial charge in [0.05, 0.1) is 18.2 Å². The molecule has 0 atom stereocenters. The van der Waals surface area contributed by atoms with Crippen LogP contribution in [-0.4, -0.2) is 35.5 Å². The monoisotopic (exact) mass is 284 g/mol. The average molecular weight is 284 g/mol. The zero-order valence-corrected chi connectivity index (χ0v) is 11.6. The van der Waals surface area contributed by atoms with Crippen molar-refractivity contribution < 1.29 is 9.59 Å². The second-order valence-electron chi connectivity index (χ2n) is 5.42. The van der Waals surface area contributed by atoms with E-state index in [9.17, 15) is 9.59 Å². The number of nitrogens with one attached hydrogen (secondary N) is 2. The normalized spacial score (nSPS) is 20.4. The van der Waals surface area contributed by atoms with Gasteiger partial charge in [-0.3, -0.25) is 9.69 Å². The van der Waals surface area contributed by atoms with Crippen LogP contribution in [0.3, 0.4) is 0 Å². The van der Waals surface area contributed by atoms with Crippen molar-refractivity contribution in [2.24, 2.45) is 0 Å². The van der Waals surface area contributed by atoms with E-state index in [2.05, 4.69) is 16.7 Å². The molecule has 0 aliphatic carbocycles. The maximum absolute atomic E-state index is 12.6. The van der Waals surface area contributed by atoms with Gasteiger partial charge in [0, 0.05) is 0 Å². The highest BCUT2D eigenvalue weighted by atomic mass is 16.2. The molecule has 2 saturated heterocycles. The Bertz CT molecular complexity index is 629. The van der Waals surface area contributed by atoms with Gasteiger partial charge >= 0.3 is 6.03 Å². The number of carbonyl (C=O) groups excluding carboxylic acids is 2. The third-order valence-corrected chi connectivity index (χ3v) is 4.17. The van der Waals surface area contributed by atoms with E-state index in [1.807, 2.05) is 0 Å². The molecular formula is C15H16N4O2. The van der Waals surface area contributed by atoms with E-state index in [0.29, 0.717) is 37.1 Å². The number of carbonyl (C=O) groups is 2. The van der Waals surface area contributed by atoms with E-state index in [4.69, 9.17) is 5.26 Å². The van der Waals surface area contributed by atoms with Crippen molar-refractivity contribution in [3.63, 3.8) is 0 Å². The summed E-state index contributed by atoms with van der Waals surface area (Å²) in [4.78, 5) is 26.0. The van der Waals surface area contributed by atoms with Crippen molar-refractivity contribution in [1.82, 2.24) is 15.5 Å². The molecule has 21 heavy (non-hydrogen) atoms. The Balaban J connectivity index is 1.85. The number of rotatable bonds is 2. The fourth-order valence-electron chi connectivity index (χ4n) is 2.95. The van der Waals surface area contributed by atoms with E-state index in [-0.39, 0.29) is 18.5 Å². The Morgan fingerprint density at radius 1 is 1.24 bits per heavy atom. The molecule has 0 bridgehead atoms. The van der Waals surface area contributed by atoms with Crippen LogP contribution in [0.1, 0.15) is 24.0 Å². The second kappa shape index (κ2) is 5.19. The SMILES string of the molecule is N#Cc1ccccc1CN1C(=O)NC2(CCNCC2)C1=O. The molecule has 2 heterocycles. The lowest BCUT2D eigenvalue weighted by molar-refractivity contribution is -0.132. The van der Waals surface area contributed by atoms with Crippen LogP contribution in [0.5, 0.6) is 0 Å². The summed E-state index contributed by atoms with van der Waals surface area (Å²) in [5.41, 5.74) is 0.419. The van der Waals surface area contributed by atoms with Crippen LogP contribution in [0.15, 0.2) is 24.3 Å². The molecule has 2 fully saturated rings. The minimum atomic E-state index is -0.760. The van der Waals surface area contributed by atoms with Crippen LogP contribution < -0.4 is 10.6 Å². The topological polar surface area (TPSA) is 85.2 Å². The Labute approximate surface area is 122 Å². The molecule has 3 rings (SSSR count). The quantitative estimate of drug-likeness (QED) is 0.784. The zero-order chi connectivity index (χ0) is 14.9. The van der Waals surface area contributed by atoms with E-state index in [0.717, 1.165) is 0 Å². The predicted octanol–water partition coefficient (Wildman–Crippen LogP) is 0.732. The van der Waals surface area contributed by atoms with Crippen molar-refractivity contribution in [2.75, 3.05) is 13.1 Å². The number of hydrogen-bond acceptors (Lipinski definition) is 4. The van der Waals surface area contributed by atoms with Crippen molar-refractivity contribution in [3.8, 4) is 6.07 Å². The molecule has 1 aromatic rings. The summed E-state index contributed by atoms with van der Waals surface area (Å²) >= 11 is 0. The fourth-order valence-corrected chi connectivity index (χ4v) is 2.95. The summed E-state index contributed by atoms with van der Waals surface area (Å²) in [7, 11) is 0. The van der Waals surface area contributed by atoms with Crippen molar-refractivity contribution in [1.29, 1.82) is 5.26 Å². The highest BCUT2D eigenvalue weighted by Crippen LogP contribution is 2.28. The highest BCUT2D eigenvalue weighted by Gasteiger charge is 2.51. The fraction of sp³-hybridized carbons (Fsp3) is 0.400. The Hall–Kier alpha value is -2.39. The summed E-state index contributed by atoms with van der Waals surface area (Å²) < 4.78 is 0. The molecule has 6 nitrogen and oxygen atoms in total. The third-order valence-electron chi connectivity index (χ3n) is 4.17. The average Bonchev–Trinajstić information content (AvgIpc) is 2.73. The molecule has 0 unspecified atom stereocenters.